The first-order chi connectivity index (χ1) is 14.3. The zero-order valence-electron chi connectivity index (χ0n) is 17.6. The van der Waals surface area contributed by atoms with Gasteiger partial charge < -0.3 is 9.47 Å². The average Bonchev–Trinajstić information content (AvgIpc) is 2.94. The van der Waals surface area contributed by atoms with Gasteiger partial charge in [0, 0.05) is 16.6 Å². The highest BCUT2D eigenvalue weighted by Crippen LogP contribution is 2.30. The molecule has 0 bridgehead atoms. The van der Waals surface area contributed by atoms with Crippen molar-refractivity contribution in [2.24, 2.45) is 0 Å². The lowest BCUT2D eigenvalue weighted by Gasteiger charge is -2.18. The first-order valence-corrected chi connectivity index (χ1v) is 10.6. The SMILES string of the molecule is Cc1nn(-c2cc(OC(C)C(=O)OCCSC(C)(C)C)c(Cl)cc2F)c(=O)n1C(F)F. The molecule has 2 aromatic rings. The maximum Gasteiger partial charge on any atom is 0.355 e. The third kappa shape index (κ3) is 6.42. The van der Waals surface area contributed by atoms with Crippen molar-refractivity contribution in [2.75, 3.05) is 12.4 Å². The summed E-state index contributed by atoms with van der Waals surface area (Å²) in [5.74, 6) is -1.48. The zero-order chi connectivity index (χ0) is 23.5. The molecule has 0 amide bonds. The summed E-state index contributed by atoms with van der Waals surface area (Å²) >= 11 is 7.61. The van der Waals surface area contributed by atoms with Gasteiger partial charge in [0.1, 0.15) is 23.9 Å². The third-order valence-corrected chi connectivity index (χ3v) is 5.44. The van der Waals surface area contributed by atoms with E-state index in [1.807, 2.05) is 20.8 Å². The molecule has 0 fully saturated rings. The molecule has 0 aliphatic rings. The van der Waals surface area contributed by atoms with Crippen molar-refractivity contribution in [3.05, 3.63) is 39.3 Å². The van der Waals surface area contributed by atoms with Crippen LogP contribution in [0.2, 0.25) is 5.02 Å². The highest BCUT2D eigenvalue weighted by Gasteiger charge is 2.23. The van der Waals surface area contributed by atoms with Crippen LogP contribution in [0.4, 0.5) is 13.2 Å². The lowest BCUT2D eigenvalue weighted by molar-refractivity contribution is -0.150. The van der Waals surface area contributed by atoms with Gasteiger partial charge in [0.15, 0.2) is 11.9 Å². The Hall–Kier alpha value is -2.14. The minimum absolute atomic E-state index is 0.0281. The first kappa shape index (κ1) is 25.1. The van der Waals surface area contributed by atoms with Crippen LogP contribution in [0.5, 0.6) is 5.75 Å². The Kier molecular flexibility index (Phi) is 8.09. The van der Waals surface area contributed by atoms with E-state index < -0.39 is 35.8 Å². The lowest BCUT2D eigenvalue weighted by Crippen LogP contribution is -2.28. The van der Waals surface area contributed by atoms with Crippen LogP contribution in [0.25, 0.3) is 5.69 Å². The van der Waals surface area contributed by atoms with Gasteiger partial charge in [0.05, 0.1) is 5.02 Å². The number of aromatic nitrogens is 3. The maximum atomic E-state index is 14.4. The molecular weight excluding hydrogens is 459 g/mol. The highest BCUT2D eigenvalue weighted by molar-refractivity contribution is 8.00. The molecule has 0 saturated heterocycles. The number of esters is 1. The fourth-order valence-electron chi connectivity index (χ4n) is 2.47. The number of ether oxygens (including phenoxy) is 2. The molecule has 2 rings (SSSR count). The molecule has 1 atom stereocenters. The molecule has 0 N–H and O–H groups in total. The molecule has 12 heteroatoms. The maximum absolute atomic E-state index is 14.4. The molecule has 0 aliphatic carbocycles. The summed E-state index contributed by atoms with van der Waals surface area (Å²) in [5.41, 5.74) is -1.68. The minimum Gasteiger partial charge on any atom is -0.477 e. The van der Waals surface area contributed by atoms with Crippen molar-refractivity contribution in [3.8, 4) is 11.4 Å². The number of aryl methyl sites for hydroxylation is 1. The summed E-state index contributed by atoms with van der Waals surface area (Å²) in [6.07, 6.45) is -1.09. The van der Waals surface area contributed by atoms with Gasteiger partial charge in [-0.3, -0.25) is 0 Å². The standard InChI is InChI=1S/C19H23ClF3N3O4S/c1-10(16(27)29-6-7-31-19(3,4)5)30-15-9-14(13(21)8-12(15)20)26-18(28)25(17(22)23)11(2)24-26/h8-10,17H,6-7H2,1-5H3. The highest BCUT2D eigenvalue weighted by atomic mass is 35.5. The van der Waals surface area contributed by atoms with Crippen molar-refractivity contribution in [1.29, 1.82) is 0 Å². The Balaban J connectivity index is 2.19. The van der Waals surface area contributed by atoms with Crippen LogP contribution in [0, 0.1) is 12.7 Å². The van der Waals surface area contributed by atoms with E-state index in [0.717, 1.165) is 12.1 Å². The number of carbonyl (C=O) groups is 1. The largest absolute Gasteiger partial charge is 0.477 e. The van der Waals surface area contributed by atoms with Gasteiger partial charge in [-0.25, -0.2) is 18.5 Å². The zero-order valence-corrected chi connectivity index (χ0v) is 19.2. The van der Waals surface area contributed by atoms with Gasteiger partial charge in [0.2, 0.25) is 0 Å². The molecule has 0 spiro atoms. The Labute approximate surface area is 186 Å². The average molecular weight is 482 g/mol. The summed E-state index contributed by atoms with van der Waals surface area (Å²) in [7, 11) is 0. The van der Waals surface area contributed by atoms with E-state index in [9.17, 15) is 22.8 Å². The molecule has 7 nitrogen and oxygen atoms in total. The van der Waals surface area contributed by atoms with Crippen molar-refractivity contribution in [1.82, 2.24) is 14.3 Å². The van der Waals surface area contributed by atoms with Crippen LogP contribution in [0.15, 0.2) is 16.9 Å². The molecule has 1 aromatic carbocycles. The summed E-state index contributed by atoms with van der Waals surface area (Å²) in [4.78, 5) is 24.3. The summed E-state index contributed by atoms with van der Waals surface area (Å²) in [6.45, 7) is 5.75. The second-order valence-corrected chi connectivity index (χ2v) is 9.84. The van der Waals surface area contributed by atoms with Gasteiger partial charge in [-0.1, -0.05) is 32.4 Å². The van der Waals surface area contributed by atoms with Crippen LogP contribution in [0.1, 0.15) is 40.1 Å². The van der Waals surface area contributed by atoms with Gasteiger partial charge in [-0.15, -0.1) is 5.10 Å². The number of thioether (sulfide) groups is 1. The Morgan fingerprint density at radius 2 is 1.97 bits per heavy atom. The van der Waals surface area contributed by atoms with Crippen molar-refractivity contribution in [2.45, 2.75) is 52.0 Å². The third-order valence-electron chi connectivity index (χ3n) is 3.90. The monoisotopic (exact) mass is 481 g/mol. The van der Waals surface area contributed by atoms with E-state index >= 15 is 0 Å². The fraction of sp³-hybridized carbons (Fsp3) is 0.526. The van der Waals surface area contributed by atoms with Crippen LogP contribution in [-0.2, 0) is 9.53 Å². The number of carbonyl (C=O) groups excluding carboxylic acids is 1. The minimum atomic E-state index is -3.14. The van der Waals surface area contributed by atoms with Gasteiger partial charge in [-0.05, 0) is 19.9 Å². The number of hydrogen-bond donors (Lipinski definition) is 0. The molecule has 1 aromatic heterocycles. The van der Waals surface area contributed by atoms with Crippen molar-refractivity contribution >= 4 is 29.3 Å². The molecule has 0 radical (unpaired) electrons. The summed E-state index contributed by atoms with van der Waals surface area (Å²) in [6, 6.07) is 1.86. The van der Waals surface area contributed by atoms with E-state index in [1.165, 1.54) is 13.8 Å². The van der Waals surface area contributed by atoms with Gasteiger partial charge >= 0.3 is 18.2 Å². The quantitative estimate of drug-likeness (QED) is 0.411. The van der Waals surface area contributed by atoms with Crippen LogP contribution in [-0.4, -0.2) is 43.5 Å². The van der Waals surface area contributed by atoms with Gasteiger partial charge in [-0.2, -0.15) is 25.2 Å². The smallest absolute Gasteiger partial charge is 0.355 e. The van der Waals surface area contributed by atoms with E-state index in [1.54, 1.807) is 11.8 Å². The number of halogens is 4. The Bertz CT molecular complexity index is 1000. The van der Waals surface area contributed by atoms with Crippen molar-refractivity contribution < 1.29 is 27.4 Å². The molecular formula is C19H23ClF3N3O4S. The van der Waals surface area contributed by atoms with E-state index in [4.69, 9.17) is 21.1 Å². The van der Waals surface area contributed by atoms with Gasteiger partial charge in [0.25, 0.3) is 0 Å². The van der Waals surface area contributed by atoms with Crippen LogP contribution < -0.4 is 10.4 Å². The molecule has 1 heterocycles. The van der Waals surface area contributed by atoms with E-state index in [0.29, 0.717) is 10.4 Å². The molecule has 172 valence electrons. The predicted molar refractivity (Wildman–Crippen MR) is 112 cm³/mol. The van der Waals surface area contributed by atoms with E-state index in [2.05, 4.69) is 5.10 Å². The molecule has 0 aliphatic heterocycles. The second kappa shape index (κ2) is 9.99. The number of rotatable bonds is 8. The Morgan fingerprint density at radius 1 is 1.32 bits per heavy atom. The van der Waals surface area contributed by atoms with Crippen LogP contribution in [0.3, 0.4) is 0 Å². The number of benzene rings is 1. The topological polar surface area (TPSA) is 75.4 Å². The summed E-state index contributed by atoms with van der Waals surface area (Å²) in [5, 5.41) is 3.49. The number of nitrogens with zero attached hydrogens (tertiary/aromatic N) is 3. The van der Waals surface area contributed by atoms with E-state index in [-0.39, 0.29) is 32.5 Å². The number of alkyl halides is 2. The Morgan fingerprint density at radius 3 is 2.52 bits per heavy atom. The second-order valence-electron chi connectivity index (χ2n) is 7.51. The molecule has 0 saturated carbocycles. The summed E-state index contributed by atoms with van der Waals surface area (Å²) < 4.78 is 51.7. The first-order valence-electron chi connectivity index (χ1n) is 9.25. The molecule has 31 heavy (non-hydrogen) atoms. The lowest BCUT2D eigenvalue weighted by atomic mass is 10.2. The van der Waals surface area contributed by atoms with Crippen LogP contribution >= 0.6 is 23.4 Å². The fourth-order valence-corrected chi connectivity index (χ4v) is 3.45. The predicted octanol–water partition coefficient (Wildman–Crippen LogP) is 4.37. The number of hydrogen-bond acceptors (Lipinski definition) is 6. The molecule has 1 unspecified atom stereocenters. The van der Waals surface area contributed by atoms with Crippen molar-refractivity contribution in [3.63, 3.8) is 0 Å². The normalized spacial score (nSPS) is 12.8.